The molecule has 5 nitrogen and oxygen atoms in total. The van der Waals surface area contributed by atoms with Crippen LogP contribution in [0.25, 0.3) is 0 Å². The van der Waals surface area contributed by atoms with E-state index in [1.807, 2.05) is 23.1 Å². The van der Waals surface area contributed by atoms with Gasteiger partial charge in [-0.1, -0.05) is 48.5 Å². The topological polar surface area (TPSA) is 66.5 Å². The van der Waals surface area contributed by atoms with Gasteiger partial charge in [0.2, 0.25) is 15.9 Å². The highest BCUT2D eigenvalue weighted by Crippen LogP contribution is 2.22. The van der Waals surface area contributed by atoms with Crippen LogP contribution in [0.3, 0.4) is 0 Å². The van der Waals surface area contributed by atoms with Crippen LogP contribution in [0, 0.1) is 0 Å². The lowest BCUT2D eigenvalue weighted by Gasteiger charge is -2.25. The van der Waals surface area contributed by atoms with E-state index in [9.17, 15) is 13.2 Å². The molecule has 0 saturated carbocycles. The number of benzene rings is 2. The number of hydrogen-bond acceptors (Lipinski definition) is 3. The van der Waals surface area contributed by atoms with Crippen molar-refractivity contribution in [2.24, 2.45) is 0 Å². The fraction of sp³-hybridized carbons (Fsp3) is 0.350. The van der Waals surface area contributed by atoms with E-state index in [0.29, 0.717) is 0 Å². The molecule has 2 aromatic rings. The van der Waals surface area contributed by atoms with Crippen molar-refractivity contribution in [2.45, 2.75) is 36.6 Å². The molecule has 2 aromatic carbocycles. The van der Waals surface area contributed by atoms with Gasteiger partial charge in [-0.3, -0.25) is 4.79 Å². The first kappa shape index (κ1) is 18.6. The van der Waals surface area contributed by atoms with E-state index in [2.05, 4.69) is 16.9 Å². The van der Waals surface area contributed by atoms with Crippen molar-refractivity contribution >= 4 is 15.9 Å². The number of nitrogens with zero attached hydrogens (tertiary/aromatic N) is 1. The van der Waals surface area contributed by atoms with Crippen LogP contribution in [0.2, 0.25) is 0 Å². The van der Waals surface area contributed by atoms with Gasteiger partial charge in [0.25, 0.3) is 0 Å². The Labute approximate surface area is 155 Å². The third kappa shape index (κ3) is 4.71. The summed E-state index contributed by atoms with van der Waals surface area (Å²) in [5.74, 6) is 0.0131. The Morgan fingerprint density at radius 3 is 2.38 bits per heavy atom. The summed E-state index contributed by atoms with van der Waals surface area (Å²) >= 11 is 0. The van der Waals surface area contributed by atoms with Gasteiger partial charge < -0.3 is 4.90 Å². The van der Waals surface area contributed by atoms with Crippen LogP contribution in [0.15, 0.2) is 65.6 Å². The van der Waals surface area contributed by atoms with Crippen LogP contribution in [-0.2, 0) is 21.2 Å². The number of carbonyl (C=O) groups is 1. The Balaban J connectivity index is 1.53. The summed E-state index contributed by atoms with van der Waals surface area (Å²) in [5, 5.41) is 0. The van der Waals surface area contributed by atoms with E-state index in [1.165, 1.54) is 5.56 Å². The lowest BCUT2D eigenvalue weighted by Crippen LogP contribution is -2.38. The van der Waals surface area contributed by atoms with Gasteiger partial charge in [-0.15, -0.1) is 0 Å². The quantitative estimate of drug-likeness (QED) is 0.812. The number of nitrogens with one attached hydrogen (secondary N) is 1. The lowest BCUT2D eigenvalue weighted by molar-refractivity contribution is -0.131. The number of carbonyl (C=O) groups excluding carboxylic acids is 1. The maximum atomic E-state index is 12.6. The summed E-state index contributed by atoms with van der Waals surface area (Å²) in [6, 6.07) is 18.6. The van der Waals surface area contributed by atoms with Crippen LogP contribution >= 0.6 is 0 Å². The molecule has 1 heterocycles. The molecule has 0 bridgehead atoms. The molecule has 1 N–H and O–H groups in total. The van der Waals surface area contributed by atoms with Crippen molar-refractivity contribution in [1.82, 2.24) is 9.62 Å². The first-order valence-electron chi connectivity index (χ1n) is 8.94. The van der Waals surface area contributed by atoms with Gasteiger partial charge in [0.05, 0.1) is 4.90 Å². The van der Waals surface area contributed by atoms with Gasteiger partial charge in [-0.05, 0) is 37.0 Å². The minimum absolute atomic E-state index is 0.0131. The van der Waals surface area contributed by atoms with E-state index in [1.54, 1.807) is 30.3 Å². The van der Waals surface area contributed by atoms with Crippen molar-refractivity contribution < 1.29 is 13.2 Å². The van der Waals surface area contributed by atoms with Crippen LogP contribution in [0.4, 0.5) is 0 Å². The second-order valence-corrected chi connectivity index (χ2v) is 8.30. The first-order chi connectivity index (χ1) is 12.6. The molecule has 26 heavy (non-hydrogen) atoms. The molecule has 1 aliphatic rings. The number of amides is 1. The smallest absolute Gasteiger partial charge is 0.240 e. The molecule has 3 rings (SSSR count). The highest BCUT2D eigenvalue weighted by Gasteiger charge is 2.28. The van der Waals surface area contributed by atoms with E-state index in [-0.39, 0.29) is 29.8 Å². The molecule has 1 unspecified atom stereocenters. The van der Waals surface area contributed by atoms with E-state index < -0.39 is 10.0 Å². The normalized spacial score (nSPS) is 17.4. The number of likely N-dealkylation sites (tertiary alicyclic amines) is 1. The fourth-order valence-corrected chi connectivity index (χ4v) is 4.43. The van der Waals surface area contributed by atoms with E-state index in [4.69, 9.17) is 0 Å². The molecule has 6 heteroatoms. The number of hydrogen-bond donors (Lipinski definition) is 1. The van der Waals surface area contributed by atoms with Crippen molar-refractivity contribution in [3.63, 3.8) is 0 Å². The van der Waals surface area contributed by atoms with E-state index >= 15 is 0 Å². The Bertz CT molecular complexity index is 823. The molecular weight excluding hydrogens is 348 g/mol. The molecule has 1 atom stereocenters. The zero-order valence-electron chi connectivity index (χ0n) is 14.7. The molecule has 1 amide bonds. The Hall–Kier alpha value is -2.18. The lowest BCUT2D eigenvalue weighted by atomic mass is 10.0. The zero-order valence-corrected chi connectivity index (χ0v) is 15.5. The average molecular weight is 372 g/mol. The number of sulfonamides is 1. The Morgan fingerprint density at radius 2 is 1.69 bits per heavy atom. The monoisotopic (exact) mass is 372 g/mol. The molecule has 1 aliphatic heterocycles. The molecule has 1 saturated heterocycles. The minimum Gasteiger partial charge on any atom is -0.339 e. The van der Waals surface area contributed by atoms with Gasteiger partial charge in [0, 0.05) is 25.6 Å². The predicted molar refractivity (Wildman–Crippen MR) is 101 cm³/mol. The minimum atomic E-state index is -3.56. The standard InChI is InChI=1S/C20H24N2O3S/c23-20(13-14-21-26(24,25)19-11-5-2-6-12-19)22-15-7-10-18(22)16-17-8-3-1-4-9-17/h1-6,8-9,11-12,18,21H,7,10,13-16H2. The van der Waals surface area contributed by atoms with Gasteiger partial charge >= 0.3 is 0 Å². The van der Waals surface area contributed by atoms with Crippen LogP contribution in [0.1, 0.15) is 24.8 Å². The first-order valence-corrected chi connectivity index (χ1v) is 10.4. The molecule has 1 fully saturated rings. The van der Waals surface area contributed by atoms with Crippen LogP contribution < -0.4 is 4.72 Å². The number of rotatable bonds is 7. The van der Waals surface area contributed by atoms with Gasteiger partial charge in [-0.2, -0.15) is 0 Å². The van der Waals surface area contributed by atoms with Crippen molar-refractivity contribution in [3.05, 3.63) is 66.2 Å². The second kappa shape index (κ2) is 8.47. The summed E-state index contributed by atoms with van der Waals surface area (Å²) in [4.78, 5) is 14.7. The summed E-state index contributed by atoms with van der Waals surface area (Å²) in [5.41, 5.74) is 1.22. The average Bonchev–Trinajstić information content (AvgIpc) is 3.11. The molecule has 0 spiro atoms. The summed E-state index contributed by atoms with van der Waals surface area (Å²) in [6.07, 6.45) is 3.02. The summed E-state index contributed by atoms with van der Waals surface area (Å²) in [7, 11) is -3.56. The third-order valence-electron chi connectivity index (χ3n) is 4.70. The zero-order chi connectivity index (χ0) is 18.4. The van der Waals surface area contributed by atoms with Crippen molar-refractivity contribution in [2.75, 3.05) is 13.1 Å². The van der Waals surface area contributed by atoms with Crippen molar-refractivity contribution in [1.29, 1.82) is 0 Å². The van der Waals surface area contributed by atoms with Gasteiger partial charge in [-0.25, -0.2) is 13.1 Å². The maximum absolute atomic E-state index is 12.6. The highest BCUT2D eigenvalue weighted by molar-refractivity contribution is 7.89. The van der Waals surface area contributed by atoms with Crippen LogP contribution in [0.5, 0.6) is 0 Å². The van der Waals surface area contributed by atoms with Crippen molar-refractivity contribution in [3.8, 4) is 0 Å². The Morgan fingerprint density at radius 1 is 1.04 bits per heavy atom. The largest absolute Gasteiger partial charge is 0.339 e. The van der Waals surface area contributed by atoms with Gasteiger partial charge in [0.15, 0.2) is 0 Å². The fourth-order valence-electron chi connectivity index (χ4n) is 3.38. The summed E-state index contributed by atoms with van der Waals surface area (Å²) < 4.78 is 26.9. The molecule has 0 aromatic heterocycles. The summed E-state index contributed by atoms with van der Waals surface area (Å²) in [6.45, 7) is 0.867. The molecule has 138 valence electrons. The third-order valence-corrected chi connectivity index (χ3v) is 6.17. The highest BCUT2D eigenvalue weighted by atomic mass is 32.2. The molecule has 0 radical (unpaired) electrons. The second-order valence-electron chi connectivity index (χ2n) is 6.53. The SMILES string of the molecule is O=C(CCNS(=O)(=O)c1ccccc1)N1CCCC1Cc1ccccc1. The van der Waals surface area contributed by atoms with E-state index in [0.717, 1.165) is 25.8 Å². The van der Waals surface area contributed by atoms with Gasteiger partial charge in [0.1, 0.15) is 0 Å². The molecule has 0 aliphatic carbocycles. The Kier molecular flexibility index (Phi) is 6.06. The maximum Gasteiger partial charge on any atom is 0.240 e. The molecular formula is C20H24N2O3S. The van der Waals surface area contributed by atoms with Crippen LogP contribution in [-0.4, -0.2) is 38.4 Å². The predicted octanol–water partition coefficient (Wildman–Crippen LogP) is 2.59.